The smallest absolute Gasteiger partial charge is 0.330 e. The number of fused-ring (bicyclic) bond motifs is 2. The van der Waals surface area contributed by atoms with Crippen molar-refractivity contribution in [2.24, 2.45) is 45.3 Å². The van der Waals surface area contributed by atoms with Crippen molar-refractivity contribution in [1.82, 2.24) is 0 Å². The van der Waals surface area contributed by atoms with Gasteiger partial charge in [0.2, 0.25) is 0 Å². The Morgan fingerprint density at radius 3 is 2.53 bits per heavy atom. The van der Waals surface area contributed by atoms with Crippen molar-refractivity contribution in [3.8, 4) is 0 Å². The second-order valence-electron chi connectivity index (χ2n) is 12.8. The molecule has 4 saturated carbocycles. The van der Waals surface area contributed by atoms with E-state index in [1.165, 1.54) is 52.1 Å². The van der Waals surface area contributed by atoms with E-state index in [9.17, 15) is 9.59 Å². The van der Waals surface area contributed by atoms with Crippen molar-refractivity contribution in [3.05, 3.63) is 24.3 Å². The highest BCUT2D eigenvalue weighted by molar-refractivity contribution is 5.85. The zero-order valence-electron chi connectivity index (χ0n) is 22.1. The van der Waals surface area contributed by atoms with Gasteiger partial charge in [-0.3, -0.25) is 4.79 Å². The van der Waals surface area contributed by atoms with Gasteiger partial charge in [0.15, 0.2) is 0 Å². The van der Waals surface area contributed by atoms with Crippen molar-refractivity contribution in [2.75, 3.05) is 7.11 Å². The molecule has 0 heterocycles. The van der Waals surface area contributed by atoms with E-state index >= 15 is 0 Å². The van der Waals surface area contributed by atoms with Crippen LogP contribution in [0.4, 0.5) is 0 Å². The number of hydrogen-bond donors (Lipinski definition) is 1. The summed E-state index contributed by atoms with van der Waals surface area (Å²) in [6.45, 7) is 13.5. The number of carbonyl (C=O) groups is 2. The topological polar surface area (TPSA) is 63.6 Å². The summed E-state index contributed by atoms with van der Waals surface area (Å²) < 4.78 is 5.01. The Kier molecular flexibility index (Phi) is 6.62. The number of rotatable bonds is 9. The minimum Gasteiger partial charge on any atom is -0.478 e. The van der Waals surface area contributed by atoms with E-state index in [1.807, 2.05) is 6.08 Å². The Labute approximate surface area is 206 Å². The molecule has 4 heteroatoms. The molecular weight excluding hydrogens is 424 g/mol. The molecule has 0 radical (unpaired) electrons. The molecule has 190 valence electrons. The van der Waals surface area contributed by atoms with Crippen LogP contribution in [0.2, 0.25) is 0 Å². The van der Waals surface area contributed by atoms with E-state index in [0.29, 0.717) is 46.0 Å². The maximum atomic E-state index is 12.1. The first kappa shape index (κ1) is 25.5. The largest absolute Gasteiger partial charge is 0.478 e. The summed E-state index contributed by atoms with van der Waals surface area (Å²) in [4.78, 5) is 23.2. The maximum absolute atomic E-state index is 12.1. The molecule has 0 unspecified atom stereocenters. The van der Waals surface area contributed by atoms with Crippen LogP contribution < -0.4 is 0 Å². The number of ether oxygens (including phenoxy) is 1. The Morgan fingerprint density at radius 1 is 1.15 bits per heavy atom. The van der Waals surface area contributed by atoms with E-state index < -0.39 is 5.97 Å². The lowest BCUT2D eigenvalue weighted by Crippen LogP contribution is -2.54. The predicted molar refractivity (Wildman–Crippen MR) is 135 cm³/mol. The molecule has 4 aliphatic rings. The maximum Gasteiger partial charge on any atom is 0.330 e. The molecule has 4 fully saturated rings. The van der Waals surface area contributed by atoms with Crippen LogP contribution in [0, 0.1) is 45.3 Å². The van der Waals surface area contributed by atoms with E-state index in [-0.39, 0.29) is 11.4 Å². The molecule has 1 spiro atoms. The fourth-order valence-corrected chi connectivity index (χ4v) is 9.89. The molecule has 4 aliphatic carbocycles. The van der Waals surface area contributed by atoms with Crippen molar-refractivity contribution >= 4 is 11.9 Å². The van der Waals surface area contributed by atoms with Gasteiger partial charge < -0.3 is 9.84 Å². The third-order valence-corrected chi connectivity index (χ3v) is 12.0. The minimum absolute atomic E-state index is 0.0739. The van der Waals surface area contributed by atoms with Crippen LogP contribution in [0.15, 0.2) is 24.3 Å². The molecule has 4 nitrogen and oxygen atoms in total. The zero-order chi connectivity index (χ0) is 24.9. The Bertz CT molecular complexity index is 875. The van der Waals surface area contributed by atoms with E-state index in [1.54, 1.807) is 6.92 Å². The first-order valence-corrected chi connectivity index (χ1v) is 13.6. The van der Waals surface area contributed by atoms with Crippen LogP contribution in [0.1, 0.15) is 98.3 Å². The summed E-state index contributed by atoms with van der Waals surface area (Å²) in [7, 11) is 1.50. The van der Waals surface area contributed by atoms with Crippen LogP contribution in [-0.4, -0.2) is 24.2 Å². The summed E-state index contributed by atoms with van der Waals surface area (Å²) in [6, 6.07) is 0. The number of aliphatic carboxylic acids is 1. The summed E-state index contributed by atoms with van der Waals surface area (Å²) in [6.07, 6.45) is 16.5. The van der Waals surface area contributed by atoms with Gasteiger partial charge in [0, 0.05) is 12.0 Å². The van der Waals surface area contributed by atoms with Crippen LogP contribution >= 0.6 is 0 Å². The molecule has 8 atom stereocenters. The first-order chi connectivity index (χ1) is 16.0. The molecule has 0 bridgehead atoms. The number of carbonyl (C=O) groups excluding carboxylic acids is 1. The molecule has 0 amide bonds. The number of carboxylic acids is 1. The van der Waals surface area contributed by atoms with Crippen molar-refractivity contribution in [2.45, 2.75) is 98.3 Å². The summed E-state index contributed by atoms with van der Waals surface area (Å²) in [5, 5.41) is 9.17. The van der Waals surface area contributed by atoms with Gasteiger partial charge in [0.1, 0.15) is 0 Å². The fourth-order valence-electron chi connectivity index (χ4n) is 9.89. The third kappa shape index (κ3) is 3.53. The summed E-state index contributed by atoms with van der Waals surface area (Å²) in [5.41, 5.74) is 1.78. The third-order valence-electron chi connectivity index (χ3n) is 12.0. The number of allylic oxidation sites excluding steroid dienone is 2. The van der Waals surface area contributed by atoms with E-state index in [0.717, 1.165) is 25.2 Å². The highest BCUT2D eigenvalue weighted by atomic mass is 16.5. The first-order valence-electron chi connectivity index (χ1n) is 13.6. The summed E-state index contributed by atoms with van der Waals surface area (Å²) >= 11 is 0. The number of hydrogen-bond acceptors (Lipinski definition) is 3. The van der Waals surface area contributed by atoms with E-state index in [2.05, 4.69) is 33.4 Å². The predicted octanol–water partition coefficient (Wildman–Crippen LogP) is 7.19. The average Bonchev–Trinajstić information content (AvgIpc) is 3.40. The Morgan fingerprint density at radius 2 is 1.88 bits per heavy atom. The molecule has 0 aromatic rings. The van der Waals surface area contributed by atoms with Crippen molar-refractivity contribution in [1.29, 1.82) is 0 Å². The number of esters is 1. The van der Waals surface area contributed by atoms with Gasteiger partial charge in [0.05, 0.1) is 7.11 Å². The molecule has 0 saturated heterocycles. The van der Waals surface area contributed by atoms with Gasteiger partial charge in [-0.05, 0) is 116 Å². The number of carboxylic acid groups (broad SMARTS) is 1. The SMILES string of the molecule is C=C[C@@H]1CC[C@@H]2[C@]3(CC[C@]4(C)[C@@H]([C@H](C)CC/C=C(/C)C(=O)O)CC[C@@]24C)C[C@]13CCC(=O)OC. The molecule has 0 aliphatic heterocycles. The zero-order valence-corrected chi connectivity index (χ0v) is 22.1. The van der Waals surface area contributed by atoms with Crippen molar-refractivity contribution < 1.29 is 19.4 Å². The van der Waals surface area contributed by atoms with Gasteiger partial charge in [0.25, 0.3) is 0 Å². The lowest BCUT2D eigenvalue weighted by Gasteiger charge is -2.61. The van der Waals surface area contributed by atoms with Gasteiger partial charge in [-0.1, -0.05) is 32.9 Å². The van der Waals surface area contributed by atoms with Crippen LogP contribution in [0.25, 0.3) is 0 Å². The quantitative estimate of drug-likeness (QED) is 0.220. The van der Waals surface area contributed by atoms with Crippen molar-refractivity contribution in [3.63, 3.8) is 0 Å². The lowest BCUT2D eigenvalue weighted by molar-refractivity contribution is -0.142. The van der Waals surface area contributed by atoms with Crippen LogP contribution in [0.5, 0.6) is 0 Å². The van der Waals surface area contributed by atoms with Gasteiger partial charge in [-0.2, -0.15) is 0 Å². The molecule has 1 N–H and O–H groups in total. The molecule has 0 aromatic heterocycles. The Hall–Kier alpha value is -1.58. The standard InChI is InChI=1S/C30H46O4/c1-7-22-11-12-24-28(5)15-13-23(20(2)9-8-10-21(3)26(32)33)27(28,4)17-18-30(24)19-29(22,30)16-14-25(31)34-6/h7,10,20,22-24H,1,8-9,11-19H2,2-6H3,(H,32,33)/b21-10-/t20-,22-,23-,24+,27-,28+,29-,30+/m1/s1. The molecule has 34 heavy (non-hydrogen) atoms. The van der Waals surface area contributed by atoms with Gasteiger partial charge in [-0.15, -0.1) is 6.58 Å². The molecule has 0 aromatic carbocycles. The van der Waals surface area contributed by atoms with Gasteiger partial charge >= 0.3 is 11.9 Å². The lowest BCUT2D eigenvalue weighted by atomic mass is 9.44. The highest BCUT2D eigenvalue weighted by Gasteiger charge is 2.79. The average molecular weight is 471 g/mol. The minimum atomic E-state index is -0.805. The monoisotopic (exact) mass is 470 g/mol. The normalized spacial score (nSPS) is 43.8. The van der Waals surface area contributed by atoms with Gasteiger partial charge in [-0.25, -0.2) is 4.79 Å². The van der Waals surface area contributed by atoms with Crippen LogP contribution in [0.3, 0.4) is 0 Å². The second-order valence-corrected chi connectivity index (χ2v) is 12.8. The summed E-state index contributed by atoms with van der Waals surface area (Å²) in [5.74, 6) is 1.69. The van der Waals surface area contributed by atoms with Crippen LogP contribution in [-0.2, 0) is 14.3 Å². The fraction of sp³-hybridized carbons (Fsp3) is 0.800. The molecular formula is C30H46O4. The Balaban J connectivity index is 1.54. The number of methoxy groups -OCH3 is 1. The van der Waals surface area contributed by atoms with E-state index in [4.69, 9.17) is 9.84 Å². The second kappa shape index (κ2) is 8.82. The molecule has 4 rings (SSSR count). The highest BCUT2D eigenvalue weighted by Crippen LogP contribution is 2.87.